The quantitative estimate of drug-likeness (QED) is 0.712. The number of fused-ring (bicyclic) bond motifs is 1. The van der Waals surface area contributed by atoms with Crippen LogP contribution in [0.1, 0.15) is 19.3 Å². The van der Waals surface area contributed by atoms with E-state index in [0.29, 0.717) is 5.58 Å². The molecule has 4 nitrogen and oxygen atoms in total. The minimum Gasteiger partial charge on any atom is -0.408 e. The van der Waals surface area contributed by atoms with Crippen molar-refractivity contribution in [3.05, 3.63) is 34.8 Å². The summed E-state index contributed by atoms with van der Waals surface area (Å²) in [5.74, 6) is -0.402. The zero-order chi connectivity index (χ0) is 11.2. The molecule has 0 amide bonds. The molecule has 4 heteroatoms. The summed E-state index contributed by atoms with van der Waals surface area (Å²) in [6.07, 6.45) is 4.22. The summed E-state index contributed by atoms with van der Waals surface area (Å²) in [6.45, 7) is 2.50. The van der Waals surface area contributed by atoms with Crippen LogP contribution in [0.25, 0.3) is 11.1 Å². The Bertz CT molecular complexity index is 435. The number of aromatic amines is 1. The maximum atomic E-state index is 10.6. The molecule has 0 atom stereocenters. The van der Waals surface area contributed by atoms with Crippen LogP contribution in [0.3, 0.4) is 0 Å². The first-order valence-corrected chi connectivity index (χ1v) is 5.65. The van der Waals surface area contributed by atoms with Gasteiger partial charge in [-0.05, 0) is 38.1 Å². The Balaban J connectivity index is 0.000000138. The SMILES string of the molecule is C1CCNCC1.O=c1[nH]c2ccccc2o1. The molecular formula is C12H16N2O2. The first kappa shape index (κ1) is 11.0. The third kappa shape index (κ3) is 2.97. The van der Waals surface area contributed by atoms with Gasteiger partial charge in [-0.15, -0.1) is 0 Å². The third-order valence-corrected chi connectivity index (χ3v) is 2.53. The topological polar surface area (TPSA) is 58.0 Å². The Hall–Kier alpha value is -1.55. The number of para-hydroxylation sites is 2. The molecule has 16 heavy (non-hydrogen) atoms. The van der Waals surface area contributed by atoms with Gasteiger partial charge in [0.05, 0.1) is 5.52 Å². The highest BCUT2D eigenvalue weighted by molar-refractivity contribution is 5.71. The molecule has 2 heterocycles. The monoisotopic (exact) mass is 220 g/mol. The molecule has 2 N–H and O–H groups in total. The molecule has 0 bridgehead atoms. The zero-order valence-corrected chi connectivity index (χ0v) is 9.16. The molecule has 0 radical (unpaired) electrons. The summed E-state index contributed by atoms with van der Waals surface area (Å²) < 4.78 is 4.76. The second kappa shape index (κ2) is 5.51. The molecule has 3 rings (SSSR count). The lowest BCUT2D eigenvalue weighted by Gasteiger charge is -2.08. The van der Waals surface area contributed by atoms with Gasteiger partial charge in [-0.3, -0.25) is 4.98 Å². The van der Waals surface area contributed by atoms with E-state index in [0.717, 1.165) is 5.52 Å². The summed E-state index contributed by atoms with van der Waals surface area (Å²) in [5.41, 5.74) is 1.35. The fourth-order valence-corrected chi connectivity index (χ4v) is 1.70. The van der Waals surface area contributed by atoms with E-state index in [1.165, 1.54) is 32.4 Å². The lowest BCUT2D eigenvalue weighted by atomic mass is 10.2. The van der Waals surface area contributed by atoms with Crippen molar-refractivity contribution >= 4 is 11.1 Å². The van der Waals surface area contributed by atoms with Crippen LogP contribution in [0.5, 0.6) is 0 Å². The van der Waals surface area contributed by atoms with E-state index < -0.39 is 5.76 Å². The highest BCUT2D eigenvalue weighted by Gasteiger charge is 1.95. The first-order chi connectivity index (χ1) is 7.86. The highest BCUT2D eigenvalue weighted by atomic mass is 16.4. The summed E-state index contributed by atoms with van der Waals surface area (Å²) in [6, 6.07) is 7.19. The molecule has 0 aliphatic carbocycles. The number of hydrogen-bond acceptors (Lipinski definition) is 3. The van der Waals surface area contributed by atoms with Gasteiger partial charge >= 0.3 is 5.76 Å². The number of piperidine rings is 1. The van der Waals surface area contributed by atoms with Crippen LogP contribution in [0, 0.1) is 0 Å². The summed E-state index contributed by atoms with van der Waals surface area (Å²) in [5, 5.41) is 3.28. The van der Waals surface area contributed by atoms with E-state index in [1.54, 1.807) is 12.1 Å². The number of benzene rings is 1. The molecule has 1 aromatic carbocycles. The molecule has 86 valence electrons. The van der Waals surface area contributed by atoms with Crippen molar-refractivity contribution in [1.82, 2.24) is 10.3 Å². The molecule has 1 fully saturated rings. The van der Waals surface area contributed by atoms with Crippen molar-refractivity contribution in [1.29, 1.82) is 0 Å². The van der Waals surface area contributed by atoms with Gasteiger partial charge < -0.3 is 9.73 Å². The van der Waals surface area contributed by atoms with Gasteiger partial charge in [0.1, 0.15) is 0 Å². The largest absolute Gasteiger partial charge is 0.417 e. The smallest absolute Gasteiger partial charge is 0.408 e. The highest BCUT2D eigenvalue weighted by Crippen LogP contribution is 2.06. The third-order valence-electron chi connectivity index (χ3n) is 2.53. The maximum Gasteiger partial charge on any atom is 0.417 e. The predicted molar refractivity (Wildman–Crippen MR) is 63.6 cm³/mol. The van der Waals surface area contributed by atoms with Crippen LogP contribution >= 0.6 is 0 Å². The van der Waals surface area contributed by atoms with Crippen LogP contribution in [0.15, 0.2) is 33.5 Å². The minimum atomic E-state index is -0.402. The van der Waals surface area contributed by atoms with Crippen molar-refractivity contribution in [2.45, 2.75) is 19.3 Å². The van der Waals surface area contributed by atoms with Gasteiger partial charge in [0, 0.05) is 0 Å². The number of nitrogens with one attached hydrogen (secondary N) is 2. The van der Waals surface area contributed by atoms with Crippen LogP contribution in [0.4, 0.5) is 0 Å². The van der Waals surface area contributed by atoms with E-state index in [1.807, 2.05) is 12.1 Å². The summed E-state index contributed by atoms with van der Waals surface area (Å²) in [7, 11) is 0. The van der Waals surface area contributed by atoms with E-state index in [-0.39, 0.29) is 0 Å². The predicted octanol–water partition coefficient (Wildman–Crippen LogP) is 1.88. The van der Waals surface area contributed by atoms with Gasteiger partial charge in [0.2, 0.25) is 0 Å². The lowest BCUT2D eigenvalue weighted by Crippen LogP contribution is -2.21. The number of rotatable bonds is 0. The molecule has 1 aliphatic rings. The second-order valence-corrected chi connectivity index (χ2v) is 3.82. The number of H-pyrrole nitrogens is 1. The average molecular weight is 220 g/mol. The summed E-state index contributed by atoms with van der Waals surface area (Å²) >= 11 is 0. The van der Waals surface area contributed by atoms with Crippen molar-refractivity contribution in [3.8, 4) is 0 Å². The van der Waals surface area contributed by atoms with E-state index in [4.69, 9.17) is 4.42 Å². The molecule has 2 aromatic rings. The second-order valence-electron chi connectivity index (χ2n) is 3.82. The average Bonchev–Trinajstić information content (AvgIpc) is 2.72. The number of aromatic nitrogens is 1. The van der Waals surface area contributed by atoms with E-state index >= 15 is 0 Å². The Kier molecular flexibility index (Phi) is 3.77. The normalized spacial score (nSPS) is 15.5. The van der Waals surface area contributed by atoms with Gasteiger partial charge in [0.15, 0.2) is 5.58 Å². The Labute approximate surface area is 93.7 Å². The molecule has 0 spiro atoms. The fraction of sp³-hybridized carbons (Fsp3) is 0.417. The standard InChI is InChI=1S/C7H5NO2.C5H11N/c9-7-8-5-3-1-2-4-6(5)10-7;1-2-4-6-5-3-1/h1-4H,(H,8,9);6H,1-5H2. The minimum absolute atomic E-state index is 0.402. The molecule has 0 unspecified atom stereocenters. The molecular weight excluding hydrogens is 204 g/mol. The van der Waals surface area contributed by atoms with E-state index in [9.17, 15) is 4.79 Å². The first-order valence-electron chi connectivity index (χ1n) is 5.65. The van der Waals surface area contributed by atoms with Crippen molar-refractivity contribution in [2.75, 3.05) is 13.1 Å². The van der Waals surface area contributed by atoms with Gasteiger partial charge in [-0.2, -0.15) is 0 Å². The van der Waals surface area contributed by atoms with Gasteiger partial charge in [-0.25, -0.2) is 4.79 Å². The Morgan fingerprint density at radius 2 is 1.81 bits per heavy atom. The van der Waals surface area contributed by atoms with Crippen molar-refractivity contribution < 1.29 is 4.42 Å². The zero-order valence-electron chi connectivity index (χ0n) is 9.16. The fourth-order valence-electron chi connectivity index (χ4n) is 1.70. The Morgan fingerprint density at radius 1 is 1.06 bits per heavy atom. The Morgan fingerprint density at radius 3 is 2.38 bits per heavy atom. The van der Waals surface area contributed by atoms with E-state index in [2.05, 4.69) is 10.3 Å². The van der Waals surface area contributed by atoms with Gasteiger partial charge in [-0.1, -0.05) is 18.6 Å². The van der Waals surface area contributed by atoms with Crippen LogP contribution in [-0.2, 0) is 0 Å². The maximum absolute atomic E-state index is 10.6. The molecule has 1 aromatic heterocycles. The lowest BCUT2D eigenvalue weighted by molar-refractivity contribution is 0.520. The van der Waals surface area contributed by atoms with Crippen LogP contribution < -0.4 is 11.1 Å². The molecule has 1 saturated heterocycles. The number of hydrogen-bond donors (Lipinski definition) is 2. The van der Waals surface area contributed by atoms with Crippen molar-refractivity contribution in [2.24, 2.45) is 0 Å². The van der Waals surface area contributed by atoms with Crippen molar-refractivity contribution in [3.63, 3.8) is 0 Å². The number of oxazole rings is 1. The molecule has 0 saturated carbocycles. The van der Waals surface area contributed by atoms with Crippen LogP contribution in [0.2, 0.25) is 0 Å². The molecule has 1 aliphatic heterocycles. The summed E-state index contributed by atoms with van der Waals surface area (Å²) in [4.78, 5) is 13.1. The van der Waals surface area contributed by atoms with Gasteiger partial charge in [0.25, 0.3) is 0 Å². The van der Waals surface area contributed by atoms with Crippen LogP contribution in [-0.4, -0.2) is 18.1 Å².